The number of pyridine rings is 1. The predicted molar refractivity (Wildman–Crippen MR) is 84.5 cm³/mol. The zero-order chi connectivity index (χ0) is 14.4. The third-order valence-electron chi connectivity index (χ3n) is 3.22. The van der Waals surface area contributed by atoms with Gasteiger partial charge >= 0.3 is 0 Å². The molecule has 2 aromatic rings. The average molecular weight is 288 g/mol. The molecule has 0 amide bonds. The molecule has 0 spiro atoms. The lowest BCUT2D eigenvalue weighted by Gasteiger charge is -2.17. The van der Waals surface area contributed by atoms with E-state index in [1.165, 1.54) is 10.5 Å². The zero-order valence-electron chi connectivity index (χ0n) is 12.1. The molecule has 1 aromatic heterocycles. The van der Waals surface area contributed by atoms with Crippen LogP contribution in [0.3, 0.4) is 0 Å². The van der Waals surface area contributed by atoms with E-state index in [-0.39, 0.29) is 6.04 Å². The third kappa shape index (κ3) is 3.74. The summed E-state index contributed by atoms with van der Waals surface area (Å²) in [4.78, 5) is 5.55. The number of hydrogen-bond acceptors (Lipinski definition) is 4. The average Bonchev–Trinajstić information content (AvgIpc) is 2.50. The molecule has 4 heteroatoms. The summed E-state index contributed by atoms with van der Waals surface area (Å²) in [6, 6.07) is 10.7. The van der Waals surface area contributed by atoms with E-state index >= 15 is 0 Å². The molecule has 106 valence electrons. The Morgan fingerprint density at radius 1 is 1.30 bits per heavy atom. The van der Waals surface area contributed by atoms with Crippen LogP contribution in [-0.4, -0.2) is 24.9 Å². The fourth-order valence-corrected chi connectivity index (χ4v) is 3.15. The van der Waals surface area contributed by atoms with E-state index in [9.17, 15) is 0 Å². The number of nitrogens with zero attached hydrogens (tertiary/aromatic N) is 1. The van der Waals surface area contributed by atoms with Crippen molar-refractivity contribution in [1.29, 1.82) is 0 Å². The second-order valence-corrected chi connectivity index (χ2v) is 5.64. The number of ether oxygens (including phenoxy) is 1. The van der Waals surface area contributed by atoms with Gasteiger partial charge in [-0.25, -0.2) is 0 Å². The van der Waals surface area contributed by atoms with Crippen molar-refractivity contribution < 1.29 is 4.74 Å². The molecule has 0 radical (unpaired) electrons. The molecule has 1 heterocycles. The molecule has 0 aliphatic carbocycles. The van der Waals surface area contributed by atoms with E-state index in [4.69, 9.17) is 4.74 Å². The molecule has 1 unspecified atom stereocenters. The summed E-state index contributed by atoms with van der Waals surface area (Å²) in [6.07, 6.45) is 3.62. The number of aromatic nitrogens is 1. The first kappa shape index (κ1) is 14.9. The smallest absolute Gasteiger partial charge is 0.137 e. The molecule has 20 heavy (non-hydrogen) atoms. The molecule has 1 N–H and O–H groups in total. The molecular weight excluding hydrogens is 268 g/mol. The number of benzene rings is 1. The summed E-state index contributed by atoms with van der Waals surface area (Å²) in [7, 11) is 3.64. The van der Waals surface area contributed by atoms with Gasteiger partial charge < -0.3 is 10.1 Å². The minimum absolute atomic E-state index is 0.252. The molecule has 0 fully saturated rings. The number of aryl methyl sites for hydroxylation is 1. The lowest BCUT2D eigenvalue weighted by molar-refractivity contribution is 0.411. The Balaban J connectivity index is 2.07. The highest BCUT2D eigenvalue weighted by molar-refractivity contribution is 7.99. The number of thioether (sulfide) groups is 1. The Morgan fingerprint density at radius 3 is 2.80 bits per heavy atom. The van der Waals surface area contributed by atoms with E-state index in [0.717, 1.165) is 17.1 Å². The van der Waals surface area contributed by atoms with Crippen LogP contribution in [0.1, 0.15) is 17.2 Å². The summed E-state index contributed by atoms with van der Waals surface area (Å²) < 4.78 is 5.23. The first-order chi connectivity index (χ1) is 9.74. The van der Waals surface area contributed by atoms with Gasteiger partial charge in [0.1, 0.15) is 5.75 Å². The number of methoxy groups -OCH3 is 1. The van der Waals surface area contributed by atoms with Gasteiger partial charge in [0, 0.05) is 22.9 Å². The number of rotatable bonds is 6. The Bertz CT molecular complexity index is 560. The van der Waals surface area contributed by atoms with Crippen molar-refractivity contribution in [2.24, 2.45) is 0 Å². The monoisotopic (exact) mass is 288 g/mol. The molecule has 2 rings (SSSR count). The molecule has 0 bridgehead atoms. The van der Waals surface area contributed by atoms with Gasteiger partial charge in [0.2, 0.25) is 0 Å². The van der Waals surface area contributed by atoms with Gasteiger partial charge in [-0.15, -0.1) is 11.8 Å². The fourth-order valence-electron chi connectivity index (χ4n) is 1.98. The zero-order valence-corrected chi connectivity index (χ0v) is 12.9. The van der Waals surface area contributed by atoms with E-state index in [1.54, 1.807) is 13.3 Å². The van der Waals surface area contributed by atoms with Gasteiger partial charge in [-0.2, -0.15) is 0 Å². The van der Waals surface area contributed by atoms with Crippen molar-refractivity contribution in [2.45, 2.75) is 17.9 Å². The number of hydrogen-bond donors (Lipinski definition) is 1. The molecule has 1 aromatic carbocycles. The molecule has 1 atom stereocenters. The van der Waals surface area contributed by atoms with Crippen LogP contribution in [0, 0.1) is 6.92 Å². The summed E-state index contributed by atoms with van der Waals surface area (Å²) in [6.45, 7) is 2.14. The predicted octanol–water partition coefficient (Wildman–Crippen LogP) is 3.45. The van der Waals surface area contributed by atoms with E-state index in [0.29, 0.717) is 0 Å². The van der Waals surface area contributed by atoms with Crippen molar-refractivity contribution in [3.05, 3.63) is 53.9 Å². The molecular formula is C16H20N2OS. The van der Waals surface area contributed by atoms with Crippen molar-refractivity contribution in [2.75, 3.05) is 19.9 Å². The minimum Gasteiger partial charge on any atom is -0.495 e. The first-order valence-corrected chi connectivity index (χ1v) is 7.57. The number of nitrogens with one attached hydrogen (secondary N) is 1. The minimum atomic E-state index is 0.252. The van der Waals surface area contributed by atoms with Crippen LogP contribution in [-0.2, 0) is 0 Å². The lowest BCUT2D eigenvalue weighted by atomic mass is 10.1. The third-order valence-corrected chi connectivity index (χ3v) is 4.49. The van der Waals surface area contributed by atoms with Crippen molar-refractivity contribution in [3.63, 3.8) is 0 Å². The van der Waals surface area contributed by atoms with Crippen LogP contribution >= 0.6 is 11.8 Å². The highest BCUT2D eigenvalue weighted by Gasteiger charge is 2.11. The molecule has 3 nitrogen and oxygen atoms in total. The maximum Gasteiger partial charge on any atom is 0.137 e. The quantitative estimate of drug-likeness (QED) is 0.826. The second kappa shape index (κ2) is 7.31. The summed E-state index contributed by atoms with van der Waals surface area (Å²) in [5, 5.41) is 3.34. The van der Waals surface area contributed by atoms with Crippen LogP contribution in [0.25, 0.3) is 0 Å². The fraction of sp³-hybridized carbons (Fsp3) is 0.312. The summed E-state index contributed by atoms with van der Waals surface area (Å²) in [5.74, 6) is 1.75. The van der Waals surface area contributed by atoms with E-state index < -0.39 is 0 Å². The van der Waals surface area contributed by atoms with Crippen molar-refractivity contribution in [1.82, 2.24) is 10.3 Å². The van der Waals surface area contributed by atoms with E-state index in [2.05, 4.69) is 41.5 Å². The largest absolute Gasteiger partial charge is 0.495 e. The van der Waals surface area contributed by atoms with Gasteiger partial charge in [0.15, 0.2) is 0 Å². The van der Waals surface area contributed by atoms with Crippen LogP contribution in [0.15, 0.2) is 47.6 Å². The SMILES string of the molecule is CNC(CSc1ccccc1C)c1cncc(OC)c1. The van der Waals surface area contributed by atoms with E-state index in [1.807, 2.05) is 31.1 Å². The van der Waals surface area contributed by atoms with Gasteiger partial charge in [-0.1, -0.05) is 18.2 Å². The van der Waals surface area contributed by atoms with Crippen molar-refractivity contribution in [3.8, 4) is 5.75 Å². The van der Waals surface area contributed by atoms with Gasteiger partial charge in [0.25, 0.3) is 0 Å². The van der Waals surface area contributed by atoms with Crippen LogP contribution in [0.2, 0.25) is 0 Å². The molecule has 0 aliphatic rings. The Labute approximate surface area is 124 Å². The van der Waals surface area contributed by atoms with Crippen LogP contribution in [0.4, 0.5) is 0 Å². The van der Waals surface area contributed by atoms with Crippen molar-refractivity contribution >= 4 is 11.8 Å². The lowest BCUT2D eigenvalue weighted by Crippen LogP contribution is -2.19. The summed E-state index contributed by atoms with van der Waals surface area (Å²) in [5.41, 5.74) is 2.46. The maximum absolute atomic E-state index is 5.23. The standard InChI is InChI=1S/C16H20N2OS/c1-12-6-4-5-7-16(12)20-11-15(17-2)13-8-14(19-3)10-18-9-13/h4-10,15,17H,11H2,1-3H3. The van der Waals surface area contributed by atoms with Gasteiger partial charge in [-0.3, -0.25) is 4.98 Å². The molecule has 0 aliphatic heterocycles. The highest BCUT2D eigenvalue weighted by atomic mass is 32.2. The topological polar surface area (TPSA) is 34.2 Å². The second-order valence-electron chi connectivity index (χ2n) is 4.58. The summed E-state index contributed by atoms with van der Waals surface area (Å²) >= 11 is 1.86. The Hall–Kier alpha value is -1.52. The highest BCUT2D eigenvalue weighted by Crippen LogP contribution is 2.27. The maximum atomic E-state index is 5.23. The van der Waals surface area contributed by atoms with Gasteiger partial charge in [0.05, 0.1) is 13.3 Å². The van der Waals surface area contributed by atoms with Gasteiger partial charge in [-0.05, 0) is 37.2 Å². The Morgan fingerprint density at radius 2 is 2.10 bits per heavy atom. The van der Waals surface area contributed by atoms with Crippen LogP contribution in [0.5, 0.6) is 5.75 Å². The first-order valence-electron chi connectivity index (χ1n) is 6.59. The Kier molecular flexibility index (Phi) is 5.44. The van der Waals surface area contributed by atoms with Crippen LogP contribution < -0.4 is 10.1 Å². The molecule has 0 saturated carbocycles. The normalized spacial score (nSPS) is 12.2. The molecule has 0 saturated heterocycles.